The van der Waals surface area contributed by atoms with Gasteiger partial charge in [0.2, 0.25) is 0 Å². The van der Waals surface area contributed by atoms with Crippen LogP contribution in [-0.2, 0) is 17.1 Å². The van der Waals surface area contributed by atoms with Crippen LogP contribution < -0.4 is 10.2 Å². The van der Waals surface area contributed by atoms with Crippen LogP contribution in [0.25, 0.3) is 0 Å². The van der Waals surface area contributed by atoms with Gasteiger partial charge in [0, 0.05) is 0 Å². The summed E-state index contributed by atoms with van der Waals surface area (Å²) in [7, 11) is 0. The summed E-state index contributed by atoms with van der Waals surface area (Å²) in [5.74, 6) is -2.47. The summed E-state index contributed by atoms with van der Waals surface area (Å²) >= 11 is 0. The van der Waals surface area contributed by atoms with Gasteiger partial charge in [0.25, 0.3) is 0 Å². The average molecular weight is 522 g/mol. The Labute approximate surface area is 214 Å². The van der Waals surface area contributed by atoms with E-state index in [1.54, 1.807) is 0 Å². The largest absolute Gasteiger partial charge is 2.00 e. The van der Waals surface area contributed by atoms with Crippen molar-refractivity contribution in [3.63, 3.8) is 0 Å². The molecule has 0 aliphatic rings. The molecule has 2 aromatic rings. The van der Waals surface area contributed by atoms with Crippen LogP contribution in [0.1, 0.15) is 129 Å². The molecule has 0 amide bonds. The molecule has 0 atom stereocenters. The van der Waals surface area contributed by atoms with Crippen LogP contribution in [0, 0.1) is 0 Å². The van der Waals surface area contributed by atoms with E-state index < -0.39 is 11.9 Å². The Bertz CT molecular complexity index is 898. The number of carboxylic acids is 2. The zero-order valence-corrected chi connectivity index (χ0v) is 21.4. The maximum Gasteiger partial charge on any atom is 2.00 e. The van der Waals surface area contributed by atoms with Crippen LogP contribution in [0.3, 0.4) is 0 Å². The van der Waals surface area contributed by atoms with E-state index in [-0.39, 0.29) is 70.8 Å². The Kier molecular flexibility index (Phi) is 13.9. The Balaban J connectivity index is 0. The number of rotatable bonds is 6. The molecule has 1 radical (unpaired) electrons. The Morgan fingerprint density at radius 2 is 0.882 bits per heavy atom. The van der Waals surface area contributed by atoms with Crippen LogP contribution in [0.2, 0.25) is 0 Å². The number of carboxylic acid groups (broad SMARTS) is 2. The van der Waals surface area contributed by atoms with Crippen molar-refractivity contribution in [2.75, 3.05) is 0 Å². The van der Waals surface area contributed by atoms with E-state index in [2.05, 4.69) is 0 Å². The zero-order valence-electron chi connectivity index (χ0n) is 20.4. The van der Waals surface area contributed by atoms with Gasteiger partial charge >= 0.3 is 29.0 Å². The molecule has 0 aromatic heterocycles. The number of carbonyl (C=O) groups is 2. The average Bonchev–Trinajstić information content (AvgIpc) is 2.67. The molecule has 6 nitrogen and oxygen atoms in total. The first-order valence-electron chi connectivity index (χ1n) is 10.8. The molecule has 2 rings (SSSR count). The quantitative estimate of drug-likeness (QED) is 0.446. The maximum absolute atomic E-state index is 11.8. The van der Waals surface area contributed by atoms with Crippen molar-refractivity contribution < 1.29 is 47.1 Å². The summed E-state index contributed by atoms with van der Waals surface area (Å²) in [5.41, 5.74) is 2.75. The van der Waals surface area contributed by atoms with E-state index in [4.69, 9.17) is 10.2 Å². The van der Waals surface area contributed by atoms with Crippen LogP contribution in [0.15, 0.2) is 24.3 Å². The van der Waals surface area contributed by atoms with Crippen molar-refractivity contribution in [1.29, 1.82) is 0 Å². The van der Waals surface area contributed by atoms with Crippen LogP contribution in [0.4, 0.5) is 0 Å². The Morgan fingerprint density at radius 1 is 0.618 bits per heavy atom. The minimum Gasteiger partial charge on any atom is -0.872 e. The fraction of sp³-hybridized carbons (Fsp3) is 0.481. The minimum absolute atomic E-state index is 0. The molecular weight excluding hydrogens is 484 g/mol. The van der Waals surface area contributed by atoms with E-state index in [9.17, 15) is 19.8 Å². The number of hydrogen-bond acceptors (Lipinski definition) is 4. The van der Waals surface area contributed by atoms with E-state index in [1.807, 2.05) is 67.5 Å². The molecule has 0 aliphatic carbocycles. The van der Waals surface area contributed by atoms with Crippen molar-refractivity contribution in [2.24, 2.45) is 0 Å². The number of aromatic carboxylic acids is 2. The van der Waals surface area contributed by atoms with Gasteiger partial charge in [-0.1, -0.05) is 97.6 Å². The minimum atomic E-state index is -1.14. The molecule has 0 aliphatic heterocycles. The summed E-state index contributed by atoms with van der Waals surface area (Å²) in [6, 6.07) is 6.62. The monoisotopic (exact) mass is 521 g/mol. The molecule has 0 bridgehead atoms. The molecule has 0 heterocycles. The predicted octanol–water partition coefficient (Wildman–Crippen LogP) is 6.04. The molecule has 193 valence electrons. The first-order chi connectivity index (χ1) is 14.7. The van der Waals surface area contributed by atoms with Gasteiger partial charge in [-0.3, -0.25) is 0 Å². The second-order valence-electron chi connectivity index (χ2n) is 9.20. The van der Waals surface area contributed by atoms with Gasteiger partial charge in [0.15, 0.2) is 0 Å². The van der Waals surface area contributed by atoms with Crippen molar-refractivity contribution in [3.8, 4) is 11.5 Å². The molecule has 0 saturated heterocycles. The molecule has 0 fully saturated rings. The van der Waals surface area contributed by atoms with Crippen molar-refractivity contribution in [1.82, 2.24) is 0 Å². The van der Waals surface area contributed by atoms with Crippen LogP contribution >= 0.6 is 0 Å². The topological polar surface area (TPSA) is 121 Å². The second-order valence-corrected chi connectivity index (χ2v) is 9.20. The first kappa shape index (κ1) is 33.7. The predicted molar refractivity (Wildman–Crippen MR) is 129 cm³/mol. The SMILES string of the molecule is C.CC(C)c1cc(C(=O)O)c([O-])c(C(C)C)c1.CC(C)c1cc(C(=O)O)c([O-])c(C(C)C)c1.[Cu+2]. The van der Waals surface area contributed by atoms with Gasteiger partial charge in [0.1, 0.15) is 0 Å². The van der Waals surface area contributed by atoms with Crippen LogP contribution in [0.5, 0.6) is 11.5 Å². The van der Waals surface area contributed by atoms with Crippen molar-refractivity contribution >= 4 is 11.9 Å². The molecule has 2 N–H and O–H groups in total. The Hall–Kier alpha value is -2.50. The van der Waals surface area contributed by atoms with Crippen LogP contribution in [-0.4, -0.2) is 22.2 Å². The number of hydrogen-bond donors (Lipinski definition) is 2. The van der Waals surface area contributed by atoms with E-state index >= 15 is 0 Å². The third-order valence-corrected chi connectivity index (χ3v) is 5.32. The van der Waals surface area contributed by atoms with E-state index in [0.29, 0.717) is 11.1 Å². The first-order valence-corrected chi connectivity index (χ1v) is 10.8. The summed E-state index contributed by atoms with van der Waals surface area (Å²) in [6.45, 7) is 15.5. The number of benzene rings is 2. The normalized spacial score (nSPS) is 10.5. The second kappa shape index (κ2) is 14.0. The summed E-state index contributed by atoms with van der Waals surface area (Å²) in [5, 5.41) is 41.6. The van der Waals surface area contributed by atoms with Gasteiger partial charge in [-0.25, -0.2) is 9.59 Å². The van der Waals surface area contributed by atoms with E-state index in [0.717, 1.165) is 11.1 Å². The van der Waals surface area contributed by atoms with Gasteiger partial charge < -0.3 is 20.4 Å². The molecule has 0 unspecified atom stereocenters. The third kappa shape index (κ3) is 8.37. The molecule has 34 heavy (non-hydrogen) atoms. The summed E-state index contributed by atoms with van der Waals surface area (Å²) in [4.78, 5) is 21.9. The standard InChI is InChI=1S/2C13H18O3.CH4.Cu/c2*1-7(2)9-5-10(8(3)4)12(14)11(6-9)13(15)16;;/h2*5-8,14H,1-4H3,(H,15,16);1H4;/q;;;+2/p-2. The maximum atomic E-state index is 11.8. The van der Waals surface area contributed by atoms with Crippen molar-refractivity contribution in [3.05, 3.63) is 57.6 Å². The van der Waals surface area contributed by atoms with E-state index in [1.165, 1.54) is 12.1 Å². The summed E-state index contributed by atoms with van der Waals surface area (Å²) in [6.07, 6.45) is 0. The summed E-state index contributed by atoms with van der Waals surface area (Å²) < 4.78 is 0. The molecular formula is C27H38CuO6. The molecule has 0 saturated carbocycles. The van der Waals surface area contributed by atoms with Gasteiger partial charge in [-0.2, -0.15) is 0 Å². The van der Waals surface area contributed by atoms with Gasteiger partial charge in [0.05, 0.1) is 11.1 Å². The Morgan fingerprint density at radius 3 is 1.06 bits per heavy atom. The fourth-order valence-electron chi connectivity index (χ4n) is 3.19. The fourth-order valence-corrected chi connectivity index (χ4v) is 3.19. The third-order valence-electron chi connectivity index (χ3n) is 5.32. The van der Waals surface area contributed by atoms with Gasteiger partial charge in [-0.15, -0.1) is 0 Å². The zero-order chi connectivity index (χ0) is 24.9. The molecule has 0 spiro atoms. The van der Waals surface area contributed by atoms with Crippen molar-refractivity contribution in [2.45, 2.75) is 86.5 Å². The smallest absolute Gasteiger partial charge is 0.872 e. The van der Waals surface area contributed by atoms with Gasteiger partial charge in [-0.05, 0) is 46.9 Å². The molecule has 7 heteroatoms. The molecule has 2 aromatic carbocycles.